The van der Waals surface area contributed by atoms with Gasteiger partial charge in [0.1, 0.15) is 5.82 Å². The van der Waals surface area contributed by atoms with Gasteiger partial charge < -0.3 is 24.8 Å². The molecule has 0 bridgehead atoms. The average Bonchev–Trinajstić information content (AvgIpc) is 3.25. The summed E-state index contributed by atoms with van der Waals surface area (Å²) in [6, 6.07) is 4.91. The van der Waals surface area contributed by atoms with Crippen molar-refractivity contribution in [1.82, 2.24) is 20.0 Å². The van der Waals surface area contributed by atoms with Crippen LogP contribution in [0.5, 0.6) is 5.88 Å². The van der Waals surface area contributed by atoms with Crippen LogP contribution in [0.4, 0.5) is 11.5 Å². The number of hydrogen-bond acceptors (Lipinski definition) is 6. The van der Waals surface area contributed by atoms with Crippen molar-refractivity contribution >= 4 is 29.0 Å². The van der Waals surface area contributed by atoms with E-state index in [1.807, 2.05) is 24.7 Å². The van der Waals surface area contributed by atoms with Gasteiger partial charge in [-0.15, -0.1) is 5.10 Å². The molecule has 8 nitrogen and oxygen atoms in total. The molecule has 1 saturated heterocycles. The molecule has 1 amide bonds. The molecule has 2 aliphatic rings. The summed E-state index contributed by atoms with van der Waals surface area (Å²) in [6.45, 7) is 7.43. The van der Waals surface area contributed by atoms with Gasteiger partial charge in [0, 0.05) is 55.0 Å². The van der Waals surface area contributed by atoms with Crippen LogP contribution in [-0.4, -0.2) is 73.5 Å². The number of piperidine rings is 1. The number of rotatable bonds is 9. The van der Waals surface area contributed by atoms with Gasteiger partial charge in [0.25, 0.3) is 5.91 Å². The third-order valence-corrected chi connectivity index (χ3v) is 8.65. The summed E-state index contributed by atoms with van der Waals surface area (Å²) in [5.74, 6) is 1.45. The molecular formula is C29H45ClN6O2. The smallest absolute Gasteiger partial charge is 0.251 e. The van der Waals surface area contributed by atoms with E-state index < -0.39 is 0 Å². The van der Waals surface area contributed by atoms with Gasteiger partial charge in [0.05, 0.1) is 19.2 Å². The second-order valence-electron chi connectivity index (χ2n) is 11.0. The van der Waals surface area contributed by atoms with Crippen LogP contribution in [0, 0.1) is 6.92 Å². The molecule has 1 saturated carbocycles. The quantitative estimate of drug-likeness (QED) is 0.479. The Hall–Kier alpha value is -2.45. The Morgan fingerprint density at radius 3 is 2.39 bits per heavy atom. The number of methoxy groups -OCH3 is 1. The van der Waals surface area contributed by atoms with Gasteiger partial charge in [-0.1, -0.05) is 11.6 Å². The monoisotopic (exact) mass is 544 g/mol. The largest absolute Gasteiger partial charge is 0.480 e. The number of carbonyl (C=O) groups excluding carboxylic acids is 1. The highest BCUT2D eigenvalue weighted by Crippen LogP contribution is 2.35. The molecule has 210 valence electrons. The van der Waals surface area contributed by atoms with Crippen LogP contribution >= 0.6 is 11.6 Å². The van der Waals surface area contributed by atoms with Gasteiger partial charge in [-0.2, -0.15) is 0 Å². The van der Waals surface area contributed by atoms with E-state index in [4.69, 9.17) is 16.3 Å². The first-order valence-electron chi connectivity index (χ1n) is 14.1. The normalized spacial score (nSPS) is 20.1. The molecule has 0 radical (unpaired) electrons. The van der Waals surface area contributed by atoms with E-state index in [0.29, 0.717) is 35.1 Å². The number of hydrogen-bond donors (Lipinski definition) is 1. The SMILES string of the molecule is CCN(c1cc(Cl)cc(C(=O)NCc2c(OC)nn(C)c2N2CCCCC2)c1C)[C@H]1CC[C@H](N(C)C)CC1. The number of benzene rings is 1. The summed E-state index contributed by atoms with van der Waals surface area (Å²) < 4.78 is 7.47. The molecule has 1 aromatic carbocycles. The summed E-state index contributed by atoms with van der Waals surface area (Å²) in [5.41, 5.74) is 3.57. The van der Waals surface area contributed by atoms with Gasteiger partial charge in [-0.3, -0.25) is 4.79 Å². The molecule has 2 fully saturated rings. The maximum absolute atomic E-state index is 13.6. The Kier molecular flexibility index (Phi) is 9.47. The van der Waals surface area contributed by atoms with Crippen LogP contribution in [0.1, 0.15) is 73.4 Å². The van der Waals surface area contributed by atoms with Crippen molar-refractivity contribution in [3.05, 3.63) is 33.8 Å². The Morgan fingerprint density at radius 1 is 1.13 bits per heavy atom. The predicted octanol–water partition coefficient (Wildman–Crippen LogP) is 5.01. The lowest BCUT2D eigenvalue weighted by atomic mass is 9.89. The number of nitrogens with zero attached hydrogens (tertiary/aromatic N) is 5. The summed E-state index contributed by atoms with van der Waals surface area (Å²) >= 11 is 6.61. The molecule has 0 atom stereocenters. The van der Waals surface area contributed by atoms with E-state index in [1.165, 1.54) is 19.3 Å². The van der Waals surface area contributed by atoms with E-state index in [-0.39, 0.29) is 5.91 Å². The van der Waals surface area contributed by atoms with Gasteiger partial charge in [0.15, 0.2) is 0 Å². The number of halogens is 1. The highest BCUT2D eigenvalue weighted by molar-refractivity contribution is 6.31. The van der Waals surface area contributed by atoms with Crippen molar-refractivity contribution in [2.24, 2.45) is 7.05 Å². The van der Waals surface area contributed by atoms with E-state index in [2.05, 4.69) is 46.1 Å². The lowest BCUT2D eigenvalue weighted by Crippen LogP contribution is -2.42. The first kappa shape index (κ1) is 28.6. The van der Waals surface area contributed by atoms with Crippen LogP contribution in [0.2, 0.25) is 5.02 Å². The highest BCUT2D eigenvalue weighted by Gasteiger charge is 2.29. The molecule has 1 aromatic heterocycles. The zero-order chi connectivity index (χ0) is 27.4. The minimum absolute atomic E-state index is 0.130. The van der Waals surface area contributed by atoms with E-state index in [1.54, 1.807) is 13.2 Å². The van der Waals surface area contributed by atoms with Crippen LogP contribution < -0.4 is 19.9 Å². The fourth-order valence-corrected chi connectivity index (χ4v) is 6.54. The molecule has 2 aromatic rings. The zero-order valence-corrected chi connectivity index (χ0v) is 24.8. The fourth-order valence-electron chi connectivity index (χ4n) is 6.33. The maximum Gasteiger partial charge on any atom is 0.251 e. The van der Waals surface area contributed by atoms with Crippen molar-refractivity contribution in [2.45, 2.75) is 77.4 Å². The van der Waals surface area contributed by atoms with Crippen molar-refractivity contribution in [3.63, 3.8) is 0 Å². The lowest BCUT2D eigenvalue weighted by Gasteiger charge is -2.40. The summed E-state index contributed by atoms with van der Waals surface area (Å²) in [4.78, 5) is 20.7. The summed E-state index contributed by atoms with van der Waals surface area (Å²) in [7, 11) is 7.92. The molecule has 1 N–H and O–H groups in total. The number of carbonyl (C=O) groups is 1. The average molecular weight is 545 g/mol. The van der Waals surface area contributed by atoms with Crippen LogP contribution in [0.25, 0.3) is 0 Å². The van der Waals surface area contributed by atoms with Crippen molar-refractivity contribution in [2.75, 3.05) is 50.6 Å². The van der Waals surface area contributed by atoms with Gasteiger partial charge in [0.2, 0.25) is 5.88 Å². The molecule has 9 heteroatoms. The first-order valence-corrected chi connectivity index (χ1v) is 14.5. The van der Waals surface area contributed by atoms with E-state index in [0.717, 1.165) is 67.9 Å². The molecule has 0 unspecified atom stereocenters. The van der Waals surface area contributed by atoms with E-state index in [9.17, 15) is 4.79 Å². The van der Waals surface area contributed by atoms with Gasteiger partial charge in [-0.25, -0.2) is 4.68 Å². The Bertz CT molecular complexity index is 1100. The topological polar surface area (TPSA) is 65.9 Å². The molecule has 1 aliphatic carbocycles. The Labute approximate surface area is 233 Å². The molecule has 1 aliphatic heterocycles. The maximum atomic E-state index is 13.6. The molecular weight excluding hydrogens is 500 g/mol. The van der Waals surface area contributed by atoms with Crippen LogP contribution in [-0.2, 0) is 13.6 Å². The minimum Gasteiger partial charge on any atom is -0.480 e. The molecule has 0 spiro atoms. The standard InChI is InChI=1S/C29H45ClN6O2/c1-7-36(23-13-11-22(12-14-23)33(3)4)26-18-21(30)17-24(20(26)2)27(37)31-19-25-28(38-6)32-34(5)29(25)35-15-9-8-10-16-35/h17-18,22-23H,7-16,19H2,1-6H3,(H,31,37)/t22-,23-. The second-order valence-corrected chi connectivity index (χ2v) is 11.4. The highest BCUT2D eigenvalue weighted by atomic mass is 35.5. The van der Waals surface area contributed by atoms with Crippen molar-refractivity contribution < 1.29 is 9.53 Å². The minimum atomic E-state index is -0.130. The number of ether oxygens (including phenoxy) is 1. The van der Waals surface area contributed by atoms with Crippen LogP contribution in [0.3, 0.4) is 0 Å². The summed E-state index contributed by atoms with van der Waals surface area (Å²) in [5, 5.41) is 8.31. The predicted molar refractivity (Wildman–Crippen MR) is 156 cm³/mol. The number of anilines is 2. The first-order chi connectivity index (χ1) is 18.2. The third kappa shape index (κ3) is 6.07. The van der Waals surface area contributed by atoms with Gasteiger partial charge >= 0.3 is 0 Å². The summed E-state index contributed by atoms with van der Waals surface area (Å²) in [6.07, 6.45) is 8.23. The second kappa shape index (κ2) is 12.6. The number of aryl methyl sites for hydroxylation is 1. The van der Waals surface area contributed by atoms with Gasteiger partial charge in [-0.05, 0) is 90.6 Å². The van der Waals surface area contributed by atoms with E-state index >= 15 is 0 Å². The number of amides is 1. The molecule has 38 heavy (non-hydrogen) atoms. The van der Waals surface area contributed by atoms with Crippen LogP contribution in [0.15, 0.2) is 12.1 Å². The lowest BCUT2D eigenvalue weighted by molar-refractivity contribution is 0.0950. The fraction of sp³-hybridized carbons (Fsp3) is 0.655. The zero-order valence-electron chi connectivity index (χ0n) is 24.0. The molecule has 4 rings (SSSR count). The Balaban J connectivity index is 1.54. The van der Waals surface area contributed by atoms with Crippen molar-refractivity contribution in [1.29, 1.82) is 0 Å². The third-order valence-electron chi connectivity index (χ3n) is 8.43. The number of aromatic nitrogens is 2. The van der Waals surface area contributed by atoms with Crippen molar-refractivity contribution in [3.8, 4) is 5.88 Å². The molecule has 2 heterocycles. The Morgan fingerprint density at radius 2 is 1.79 bits per heavy atom. The number of nitrogens with one attached hydrogen (secondary N) is 1.